The third-order valence-corrected chi connectivity index (χ3v) is 5.39. The van der Waals surface area contributed by atoms with Crippen LogP contribution in [0.4, 0.5) is 0 Å². The Morgan fingerprint density at radius 3 is 1.65 bits per heavy atom. The van der Waals surface area contributed by atoms with Crippen molar-refractivity contribution in [3.8, 4) is 0 Å². The van der Waals surface area contributed by atoms with Crippen LogP contribution in [0.15, 0.2) is 0 Å². The molecule has 150 valence electrons. The van der Waals surface area contributed by atoms with Crippen molar-refractivity contribution in [2.24, 2.45) is 0 Å². The van der Waals surface area contributed by atoms with Gasteiger partial charge in [0.25, 0.3) is 0 Å². The topological polar surface area (TPSA) is 74.5 Å². The molecule has 0 rings (SSSR count). The van der Waals surface area contributed by atoms with Gasteiger partial charge < -0.3 is 9.50 Å². The number of hydrogen-bond acceptors (Lipinski definition) is 4. The first-order valence-electron chi connectivity index (χ1n) is 10.0. The van der Waals surface area contributed by atoms with Crippen LogP contribution in [0, 0.1) is 0 Å². The Bertz CT molecular complexity index is 416. The summed E-state index contributed by atoms with van der Waals surface area (Å²) in [5.41, 5.74) is 0. The maximum Gasteiger partial charge on any atom is 1.00 e. The second-order valence-electron chi connectivity index (χ2n) is 6.75. The van der Waals surface area contributed by atoms with Crippen molar-refractivity contribution >= 4 is 16.1 Å². The monoisotopic (exact) mass is 399 g/mol. The van der Waals surface area contributed by atoms with Crippen LogP contribution >= 0.6 is 0 Å². The van der Waals surface area contributed by atoms with Gasteiger partial charge in [0.1, 0.15) is 0 Å². The van der Waals surface area contributed by atoms with Crippen LogP contribution in [0.5, 0.6) is 0 Å². The zero-order valence-electron chi connectivity index (χ0n) is 17.3. The van der Waals surface area contributed by atoms with Crippen LogP contribution in [0.3, 0.4) is 0 Å². The zero-order valence-corrected chi connectivity index (χ0v) is 20.1. The van der Waals surface area contributed by atoms with Gasteiger partial charge in [-0.1, -0.05) is 84.0 Å². The van der Waals surface area contributed by atoms with Gasteiger partial charge >= 0.3 is 45.6 Å². The number of hydrogen-bond donors (Lipinski definition) is 0. The molecule has 0 spiro atoms. The summed E-state index contributed by atoms with van der Waals surface area (Å²) in [7, 11) is -2.22. The van der Waals surface area contributed by atoms with E-state index in [0.29, 0.717) is 6.42 Å². The van der Waals surface area contributed by atoms with E-state index in [1.807, 2.05) is 0 Å². The number of rotatable bonds is 18. The molecule has 5 nitrogen and oxygen atoms in total. The maximum absolute atomic E-state index is 11.5. The van der Waals surface area contributed by atoms with Crippen LogP contribution in [0.1, 0.15) is 96.8 Å². The van der Waals surface area contributed by atoms with Gasteiger partial charge in [0.05, 0.1) is 5.75 Å². The van der Waals surface area contributed by atoms with Gasteiger partial charge in [0.2, 0.25) is 0 Å². The van der Waals surface area contributed by atoms with Crippen molar-refractivity contribution in [3.63, 3.8) is 0 Å². The van der Waals surface area contributed by atoms with Crippen molar-refractivity contribution < 1.29 is 47.0 Å². The van der Waals surface area contributed by atoms with Crippen LogP contribution in [-0.2, 0) is 19.1 Å². The van der Waals surface area contributed by atoms with E-state index in [4.69, 9.17) is 0 Å². The Hall–Kier alpha value is 0.380. The van der Waals surface area contributed by atoms with Crippen molar-refractivity contribution in [2.75, 3.05) is 19.3 Å². The fourth-order valence-electron chi connectivity index (χ4n) is 2.72. The molecule has 0 aliphatic rings. The summed E-state index contributed by atoms with van der Waals surface area (Å²) in [6.45, 7) is 2.41. The molecule has 0 radical (unpaired) electrons. The largest absolute Gasteiger partial charge is 1.00 e. The summed E-state index contributed by atoms with van der Waals surface area (Å²) in [5.74, 6) is -0.868. The maximum atomic E-state index is 11.5. The molecule has 0 N–H and O–H groups in total. The summed E-state index contributed by atoms with van der Waals surface area (Å²) in [6, 6.07) is 0. The van der Waals surface area contributed by atoms with E-state index in [0.717, 1.165) is 12.8 Å². The molecule has 0 fully saturated rings. The quantitative estimate of drug-likeness (QED) is 0.201. The van der Waals surface area contributed by atoms with Gasteiger partial charge in [0.15, 0.2) is 0 Å². The van der Waals surface area contributed by atoms with E-state index >= 15 is 0 Å². The first kappa shape index (κ1) is 28.6. The third-order valence-electron chi connectivity index (χ3n) is 4.27. The molecule has 0 heterocycles. The first-order chi connectivity index (χ1) is 12.0. The summed E-state index contributed by atoms with van der Waals surface area (Å²) in [6.07, 6.45) is 16.2. The smallest absolute Gasteiger partial charge is 0.664 e. The molecular weight excluding hydrogens is 361 g/mol. The minimum absolute atomic E-state index is 0. The minimum Gasteiger partial charge on any atom is -0.664 e. The normalized spacial score (nSPS) is 11.2. The molecule has 0 unspecified atom stereocenters. The molecule has 0 amide bonds. The Morgan fingerprint density at radius 2 is 1.23 bits per heavy atom. The molecule has 0 atom stereocenters. The van der Waals surface area contributed by atoms with Gasteiger partial charge in [-0.2, -0.15) is 15.5 Å². The summed E-state index contributed by atoms with van der Waals surface area (Å²) in [4.78, 5) is 11.5. The molecule has 0 saturated heterocycles. The Morgan fingerprint density at radius 1 is 0.808 bits per heavy atom. The molecule has 0 aromatic heterocycles. The zero-order chi connectivity index (χ0) is 18.8. The number of carbonyl (C=O) groups excluding carboxylic acids is 1. The standard InChI is InChI=1S/C19H38NO4S.Na/c1-3-4-5-6-7-8-9-10-11-12-13-14-15-16-19(21)24-25(22,23)18-17-20-2;/h3-18H2,1-2H3;/q-1;+1. The summed E-state index contributed by atoms with van der Waals surface area (Å²) < 4.78 is 27.4. The molecule has 0 bridgehead atoms. The minimum atomic E-state index is -3.75. The predicted octanol–water partition coefficient (Wildman–Crippen LogP) is 2.35. The van der Waals surface area contributed by atoms with E-state index in [1.54, 1.807) is 0 Å². The summed E-state index contributed by atoms with van der Waals surface area (Å²) >= 11 is 0. The van der Waals surface area contributed by atoms with E-state index < -0.39 is 16.1 Å². The average Bonchev–Trinajstić information content (AvgIpc) is 2.57. The Labute approximate surface area is 183 Å². The predicted molar refractivity (Wildman–Crippen MR) is 104 cm³/mol. The van der Waals surface area contributed by atoms with Gasteiger partial charge in [0, 0.05) is 6.42 Å². The SMILES string of the molecule is CCCCCCCCCCCCCCCC(=O)OS(=O)(=O)CC[N-]C.[Na+]. The van der Waals surface area contributed by atoms with Crippen LogP contribution in [0.2, 0.25) is 0 Å². The fourth-order valence-corrected chi connectivity index (χ4v) is 3.57. The number of unbranched alkanes of at least 4 members (excludes halogenated alkanes) is 12. The Kier molecular flexibility index (Phi) is 22.1. The first-order valence-corrected chi connectivity index (χ1v) is 11.6. The van der Waals surface area contributed by atoms with Gasteiger partial charge in [-0.3, -0.25) is 4.79 Å². The van der Waals surface area contributed by atoms with Crippen LogP contribution in [0.25, 0.3) is 5.32 Å². The van der Waals surface area contributed by atoms with E-state index in [-0.39, 0.29) is 48.3 Å². The van der Waals surface area contributed by atoms with Gasteiger partial charge in [-0.25, -0.2) is 0 Å². The third kappa shape index (κ3) is 20.7. The molecule has 0 aromatic carbocycles. The van der Waals surface area contributed by atoms with Gasteiger partial charge in [-0.15, -0.1) is 6.54 Å². The molecule has 26 heavy (non-hydrogen) atoms. The van der Waals surface area contributed by atoms with Crippen molar-refractivity contribution in [1.29, 1.82) is 0 Å². The van der Waals surface area contributed by atoms with E-state index in [2.05, 4.69) is 16.4 Å². The fraction of sp³-hybridized carbons (Fsp3) is 0.947. The average molecular weight is 400 g/mol. The number of nitrogens with zero attached hydrogens (tertiary/aromatic N) is 1. The van der Waals surface area contributed by atoms with Crippen molar-refractivity contribution in [3.05, 3.63) is 5.32 Å². The number of carbonyl (C=O) groups is 1. The van der Waals surface area contributed by atoms with Crippen molar-refractivity contribution in [1.82, 2.24) is 0 Å². The molecule has 0 aromatic rings. The molecule has 7 heteroatoms. The molecule has 0 aliphatic carbocycles. The molecule has 0 aliphatic heterocycles. The second kappa shape index (κ2) is 20.1. The van der Waals surface area contributed by atoms with Crippen LogP contribution < -0.4 is 29.6 Å². The molecule has 0 saturated carbocycles. The van der Waals surface area contributed by atoms with E-state index in [1.165, 1.54) is 71.3 Å². The molecular formula is C19H38NNaO4S. The van der Waals surface area contributed by atoms with E-state index in [9.17, 15) is 13.2 Å². The summed E-state index contributed by atoms with van der Waals surface area (Å²) in [5, 5.41) is 3.70. The van der Waals surface area contributed by atoms with Gasteiger partial charge in [-0.05, 0) is 6.42 Å². The second-order valence-corrected chi connectivity index (χ2v) is 8.44. The van der Waals surface area contributed by atoms with Crippen LogP contribution in [-0.4, -0.2) is 33.7 Å². The van der Waals surface area contributed by atoms with Crippen molar-refractivity contribution in [2.45, 2.75) is 96.8 Å². The Balaban J connectivity index is 0.